The van der Waals surface area contributed by atoms with Gasteiger partial charge in [-0.3, -0.25) is 4.68 Å². The molecule has 0 aromatic carbocycles. The van der Waals surface area contributed by atoms with Crippen molar-refractivity contribution in [3.05, 3.63) is 34.2 Å². The van der Waals surface area contributed by atoms with Crippen molar-refractivity contribution in [2.45, 2.75) is 39.2 Å². The number of aryl methyl sites for hydroxylation is 2. The second-order valence-corrected chi connectivity index (χ2v) is 8.29. The molecule has 1 aliphatic rings. The number of nitrogens with zero attached hydrogens (tertiary/aromatic N) is 5. The summed E-state index contributed by atoms with van der Waals surface area (Å²) in [6.07, 6.45) is 3.77. The number of hydrogen-bond donors (Lipinski definition) is 1. The average molecular weight is 416 g/mol. The third-order valence-corrected chi connectivity index (χ3v) is 6.69. The number of fused-ring (bicyclic) bond motifs is 1. The summed E-state index contributed by atoms with van der Waals surface area (Å²) in [5.74, 6) is 1.69. The van der Waals surface area contributed by atoms with Gasteiger partial charge in [-0.1, -0.05) is 0 Å². The number of aliphatic hydroxyl groups is 1. The molecule has 4 heterocycles. The fraction of sp³-hybridized carbons (Fsp3) is 0.500. The zero-order valence-corrected chi connectivity index (χ0v) is 17.7. The van der Waals surface area contributed by atoms with Crippen molar-refractivity contribution in [3.8, 4) is 0 Å². The lowest BCUT2D eigenvalue weighted by atomic mass is 9.93. The number of ether oxygens (including phenoxy) is 1. The summed E-state index contributed by atoms with van der Waals surface area (Å²) in [6.45, 7) is 6.17. The van der Waals surface area contributed by atoms with E-state index in [1.54, 1.807) is 6.20 Å². The molecule has 3 aromatic heterocycles. The van der Waals surface area contributed by atoms with Crippen LogP contribution in [0.2, 0.25) is 0 Å². The summed E-state index contributed by atoms with van der Waals surface area (Å²) in [5, 5.41) is 14.5. The maximum Gasteiger partial charge on any atom is 0.348 e. The number of anilines is 1. The first-order valence-corrected chi connectivity index (χ1v) is 10.6. The van der Waals surface area contributed by atoms with E-state index in [-0.39, 0.29) is 12.6 Å². The Morgan fingerprint density at radius 2 is 2.07 bits per heavy atom. The van der Waals surface area contributed by atoms with E-state index in [9.17, 15) is 9.90 Å². The van der Waals surface area contributed by atoms with Crippen molar-refractivity contribution in [1.29, 1.82) is 0 Å². The summed E-state index contributed by atoms with van der Waals surface area (Å²) in [4.78, 5) is 25.1. The molecular formula is C20H25N5O3S. The molecule has 0 saturated carbocycles. The van der Waals surface area contributed by atoms with Gasteiger partial charge in [-0.15, -0.1) is 11.3 Å². The maximum atomic E-state index is 12.1. The Morgan fingerprint density at radius 3 is 2.76 bits per heavy atom. The standard InChI is InChI=1S/C20H25N5O3S/c1-12-16-18(22-13(2)23-19(16)29-17(12)20(27)28-3)24-8-5-14(6-9-24)15-4-7-21-25(15)10-11-26/h4,7,14,26H,5-6,8-11H2,1-3H3. The van der Waals surface area contributed by atoms with Crippen LogP contribution in [0, 0.1) is 13.8 Å². The number of hydrogen-bond acceptors (Lipinski definition) is 8. The maximum absolute atomic E-state index is 12.1. The molecule has 3 aromatic rings. The third-order valence-electron chi connectivity index (χ3n) is 5.53. The fourth-order valence-corrected chi connectivity index (χ4v) is 5.24. The van der Waals surface area contributed by atoms with Crippen molar-refractivity contribution >= 4 is 33.3 Å². The van der Waals surface area contributed by atoms with E-state index >= 15 is 0 Å². The van der Waals surface area contributed by atoms with Gasteiger partial charge in [0.2, 0.25) is 0 Å². The molecule has 9 heteroatoms. The summed E-state index contributed by atoms with van der Waals surface area (Å²) in [6, 6.07) is 2.05. The second-order valence-electron chi connectivity index (χ2n) is 7.29. The van der Waals surface area contributed by atoms with Crippen LogP contribution in [-0.2, 0) is 11.3 Å². The highest BCUT2D eigenvalue weighted by molar-refractivity contribution is 7.20. The van der Waals surface area contributed by atoms with Crippen LogP contribution < -0.4 is 4.90 Å². The number of aromatic nitrogens is 4. The molecule has 0 spiro atoms. The van der Waals surface area contributed by atoms with Gasteiger partial charge in [0.15, 0.2) is 0 Å². The molecule has 4 rings (SSSR count). The lowest BCUT2D eigenvalue weighted by molar-refractivity contribution is 0.0605. The lowest BCUT2D eigenvalue weighted by Crippen LogP contribution is -2.34. The highest BCUT2D eigenvalue weighted by atomic mass is 32.1. The van der Waals surface area contributed by atoms with Crippen LogP contribution in [0.25, 0.3) is 10.2 Å². The van der Waals surface area contributed by atoms with Gasteiger partial charge in [0, 0.05) is 30.9 Å². The molecule has 0 radical (unpaired) electrons. The van der Waals surface area contributed by atoms with Gasteiger partial charge in [-0.2, -0.15) is 5.10 Å². The normalized spacial score (nSPS) is 15.2. The Morgan fingerprint density at radius 1 is 1.31 bits per heavy atom. The molecule has 0 atom stereocenters. The smallest absolute Gasteiger partial charge is 0.348 e. The average Bonchev–Trinajstić information content (AvgIpc) is 3.32. The molecule has 1 fully saturated rings. The van der Waals surface area contributed by atoms with Gasteiger partial charge in [0.05, 0.1) is 25.6 Å². The quantitative estimate of drug-likeness (QED) is 0.640. The second kappa shape index (κ2) is 8.08. The van der Waals surface area contributed by atoms with E-state index in [1.165, 1.54) is 24.1 Å². The Bertz CT molecular complexity index is 1040. The number of thiophene rings is 1. The fourth-order valence-electron chi connectivity index (χ4n) is 4.10. The summed E-state index contributed by atoms with van der Waals surface area (Å²) in [7, 11) is 1.40. The van der Waals surface area contributed by atoms with Crippen LogP contribution in [-0.4, -0.2) is 57.6 Å². The van der Waals surface area contributed by atoms with Crippen molar-refractivity contribution < 1.29 is 14.6 Å². The number of aliphatic hydroxyl groups excluding tert-OH is 1. The van der Waals surface area contributed by atoms with Crippen molar-refractivity contribution in [1.82, 2.24) is 19.7 Å². The third kappa shape index (κ3) is 3.60. The minimum atomic E-state index is -0.329. The molecule has 0 amide bonds. The van der Waals surface area contributed by atoms with E-state index in [1.807, 2.05) is 18.5 Å². The SMILES string of the molecule is COC(=O)c1sc2nc(C)nc(N3CCC(c4ccnn4CCO)CC3)c2c1C. The van der Waals surface area contributed by atoms with Crippen molar-refractivity contribution in [3.63, 3.8) is 0 Å². The molecule has 1 saturated heterocycles. The topological polar surface area (TPSA) is 93.4 Å². The molecule has 1 N–H and O–H groups in total. The predicted octanol–water partition coefficient (Wildman–Crippen LogP) is 2.67. The van der Waals surface area contributed by atoms with E-state index in [2.05, 4.69) is 21.0 Å². The molecule has 0 unspecified atom stereocenters. The van der Waals surface area contributed by atoms with Crippen LogP contribution in [0.4, 0.5) is 5.82 Å². The van der Waals surface area contributed by atoms with Gasteiger partial charge in [-0.25, -0.2) is 14.8 Å². The summed E-state index contributed by atoms with van der Waals surface area (Å²) in [5.41, 5.74) is 2.07. The first-order chi connectivity index (χ1) is 14.0. The van der Waals surface area contributed by atoms with E-state index in [0.29, 0.717) is 23.2 Å². The largest absolute Gasteiger partial charge is 0.465 e. The Labute approximate surface area is 173 Å². The molecule has 29 heavy (non-hydrogen) atoms. The number of carbonyl (C=O) groups excluding carboxylic acids is 1. The van der Waals surface area contributed by atoms with E-state index < -0.39 is 0 Å². The Balaban J connectivity index is 1.62. The monoisotopic (exact) mass is 415 g/mol. The minimum absolute atomic E-state index is 0.0890. The van der Waals surface area contributed by atoms with Crippen molar-refractivity contribution in [2.24, 2.45) is 0 Å². The zero-order chi connectivity index (χ0) is 20.5. The Hall–Kier alpha value is -2.52. The number of esters is 1. The number of rotatable bonds is 5. The molecule has 154 valence electrons. The lowest BCUT2D eigenvalue weighted by Gasteiger charge is -2.33. The van der Waals surface area contributed by atoms with Gasteiger partial charge >= 0.3 is 5.97 Å². The molecule has 0 aliphatic carbocycles. The van der Waals surface area contributed by atoms with Gasteiger partial charge in [0.1, 0.15) is 21.3 Å². The van der Waals surface area contributed by atoms with Gasteiger partial charge < -0.3 is 14.7 Å². The Kier molecular flexibility index (Phi) is 5.51. The molecule has 0 bridgehead atoms. The number of methoxy groups -OCH3 is 1. The first-order valence-electron chi connectivity index (χ1n) is 9.77. The summed E-state index contributed by atoms with van der Waals surface area (Å²) < 4.78 is 6.83. The first kappa shape index (κ1) is 19.8. The molecule has 8 nitrogen and oxygen atoms in total. The highest BCUT2D eigenvalue weighted by Crippen LogP contribution is 2.38. The van der Waals surface area contributed by atoms with Crippen LogP contribution in [0.15, 0.2) is 12.3 Å². The van der Waals surface area contributed by atoms with Crippen molar-refractivity contribution in [2.75, 3.05) is 31.7 Å². The minimum Gasteiger partial charge on any atom is -0.465 e. The van der Waals surface area contributed by atoms with Crippen LogP contribution in [0.3, 0.4) is 0 Å². The molecule has 1 aliphatic heterocycles. The summed E-state index contributed by atoms with van der Waals surface area (Å²) >= 11 is 1.37. The van der Waals surface area contributed by atoms with Crippen LogP contribution in [0.5, 0.6) is 0 Å². The van der Waals surface area contributed by atoms with Gasteiger partial charge in [0.25, 0.3) is 0 Å². The zero-order valence-electron chi connectivity index (χ0n) is 16.9. The van der Waals surface area contributed by atoms with Gasteiger partial charge in [-0.05, 0) is 38.3 Å². The number of carbonyl (C=O) groups is 1. The van der Waals surface area contributed by atoms with E-state index in [4.69, 9.17) is 9.72 Å². The van der Waals surface area contributed by atoms with Crippen LogP contribution >= 0.6 is 11.3 Å². The molecular weight excluding hydrogens is 390 g/mol. The van der Waals surface area contributed by atoms with Crippen LogP contribution in [0.1, 0.15) is 45.5 Å². The highest BCUT2D eigenvalue weighted by Gasteiger charge is 2.27. The number of piperidine rings is 1. The van der Waals surface area contributed by atoms with E-state index in [0.717, 1.165) is 47.5 Å². The predicted molar refractivity (Wildman–Crippen MR) is 112 cm³/mol.